The van der Waals surface area contributed by atoms with Crippen molar-refractivity contribution in [3.8, 4) is 5.75 Å². The Bertz CT molecular complexity index is 773. The van der Waals surface area contributed by atoms with Crippen LogP contribution in [0.2, 0.25) is 0 Å². The average Bonchev–Trinajstić information content (AvgIpc) is 2.55. The Morgan fingerprint density at radius 1 is 1.09 bits per heavy atom. The number of ether oxygens (including phenoxy) is 2. The number of sulfonamides is 1. The maximum Gasteiger partial charge on any atom is 0.343 e. The normalized spacial score (nSPS) is 10.9. The van der Waals surface area contributed by atoms with Crippen LogP contribution in [0.1, 0.15) is 0 Å². The Hall–Kier alpha value is -1.81. The summed E-state index contributed by atoms with van der Waals surface area (Å²) in [6.45, 7) is -0.233. The Balaban J connectivity index is 2.08. The molecule has 0 radical (unpaired) electrons. The van der Waals surface area contributed by atoms with Crippen molar-refractivity contribution in [2.24, 2.45) is 0 Å². The first-order valence-corrected chi connectivity index (χ1v) is 9.05. The molecule has 2 aromatic carbocycles. The zero-order valence-corrected chi connectivity index (χ0v) is 15.1. The van der Waals surface area contributed by atoms with Crippen LogP contribution < -0.4 is 9.46 Å². The highest BCUT2D eigenvalue weighted by Crippen LogP contribution is 2.20. The second-order valence-corrected chi connectivity index (χ2v) is 7.38. The minimum atomic E-state index is -3.68. The van der Waals surface area contributed by atoms with Gasteiger partial charge in [-0.25, -0.2) is 13.2 Å². The van der Waals surface area contributed by atoms with E-state index in [9.17, 15) is 13.2 Å². The largest absolute Gasteiger partial charge is 0.482 e. The number of carbonyl (C=O) groups is 1. The van der Waals surface area contributed by atoms with Gasteiger partial charge in [0.25, 0.3) is 10.0 Å². The summed E-state index contributed by atoms with van der Waals surface area (Å²) in [6, 6.07) is 12.8. The van der Waals surface area contributed by atoms with Gasteiger partial charge < -0.3 is 9.47 Å². The number of esters is 1. The third kappa shape index (κ3) is 5.10. The minimum Gasteiger partial charge on any atom is -0.482 e. The fraction of sp³-hybridized carbons (Fsp3) is 0.133. The number of nitrogens with one attached hydrogen (secondary N) is 1. The van der Waals surface area contributed by atoms with Crippen LogP contribution in [0.25, 0.3) is 0 Å². The van der Waals surface area contributed by atoms with E-state index in [0.717, 1.165) is 3.57 Å². The van der Waals surface area contributed by atoms with Crippen LogP contribution in [0.15, 0.2) is 53.4 Å². The number of anilines is 1. The number of rotatable bonds is 6. The van der Waals surface area contributed by atoms with Gasteiger partial charge in [-0.15, -0.1) is 0 Å². The smallest absolute Gasteiger partial charge is 0.343 e. The topological polar surface area (TPSA) is 81.7 Å². The molecule has 23 heavy (non-hydrogen) atoms. The SMILES string of the molecule is COC(=O)COc1ccc(S(=O)(=O)Nc2ccc(I)cc2)cc1. The molecular weight excluding hydrogens is 433 g/mol. The first kappa shape index (κ1) is 17.5. The predicted octanol–water partition coefficient (Wildman–Crippen LogP) is 2.64. The van der Waals surface area contributed by atoms with E-state index >= 15 is 0 Å². The van der Waals surface area contributed by atoms with Crippen LogP contribution >= 0.6 is 22.6 Å². The summed E-state index contributed by atoms with van der Waals surface area (Å²) in [5.41, 5.74) is 0.483. The highest BCUT2D eigenvalue weighted by atomic mass is 127. The molecule has 1 N–H and O–H groups in total. The number of carbonyl (C=O) groups excluding carboxylic acids is 1. The maximum atomic E-state index is 12.3. The fourth-order valence-corrected chi connectivity index (χ4v) is 3.07. The van der Waals surface area contributed by atoms with Gasteiger partial charge in [-0.05, 0) is 71.1 Å². The molecule has 0 aliphatic heterocycles. The molecule has 0 saturated carbocycles. The molecule has 0 unspecified atom stereocenters. The molecule has 122 valence electrons. The van der Waals surface area contributed by atoms with Crippen molar-refractivity contribution in [3.05, 3.63) is 52.1 Å². The summed E-state index contributed by atoms with van der Waals surface area (Å²) in [7, 11) is -2.42. The summed E-state index contributed by atoms with van der Waals surface area (Å²) < 4.78 is 37.7. The number of hydrogen-bond acceptors (Lipinski definition) is 5. The second-order valence-electron chi connectivity index (χ2n) is 4.45. The molecule has 0 amide bonds. The van der Waals surface area contributed by atoms with Gasteiger partial charge >= 0.3 is 5.97 Å². The van der Waals surface area contributed by atoms with Gasteiger partial charge in [0.2, 0.25) is 0 Å². The number of methoxy groups -OCH3 is 1. The fourth-order valence-electron chi connectivity index (χ4n) is 1.65. The standard InChI is InChI=1S/C15H14INO5S/c1-21-15(18)10-22-13-6-8-14(9-7-13)23(19,20)17-12-4-2-11(16)3-5-12/h2-9,17H,10H2,1H3. The summed E-state index contributed by atoms with van der Waals surface area (Å²) in [5.74, 6) is -0.134. The predicted molar refractivity (Wildman–Crippen MR) is 93.9 cm³/mol. The molecule has 0 bridgehead atoms. The maximum absolute atomic E-state index is 12.3. The van der Waals surface area contributed by atoms with E-state index < -0.39 is 16.0 Å². The minimum absolute atomic E-state index is 0.0986. The Labute approximate surface area is 148 Å². The van der Waals surface area contributed by atoms with Gasteiger partial charge in [0.15, 0.2) is 6.61 Å². The molecule has 0 fully saturated rings. The lowest BCUT2D eigenvalue weighted by atomic mass is 10.3. The van der Waals surface area contributed by atoms with E-state index in [1.807, 2.05) is 12.1 Å². The molecule has 8 heteroatoms. The van der Waals surface area contributed by atoms with Crippen molar-refractivity contribution >= 4 is 44.3 Å². The van der Waals surface area contributed by atoms with Crippen molar-refractivity contribution < 1.29 is 22.7 Å². The molecule has 6 nitrogen and oxygen atoms in total. The van der Waals surface area contributed by atoms with Gasteiger partial charge in [-0.3, -0.25) is 4.72 Å². The van der Waals surface area contributed by atoms with Crippen molar-refractivity contribution in [2.45, 2.75) is 4.90 Å². The van der Waals surface area contributed by atoms with Gasteiger partial charge in [0.05, 0.1) is 12.0 Å². The zero-order chi connectivity index (χ0) is 16.9. The van der Waals surface area contributed by atoms with Crippen LogP contribution in [0.3, 0.4) is 0 Å². The van der Waals surface area contributed by atoms with Crippen LogP contribution in [-0.2, 0) is 19.6 Å². The molecule has 0 aliphatic rings. The second kappa shape index (κ2) is 7.64. The Morgan fingerprint density at radius 2 is 1.70 bits per heavy atom. The molecule has 2 aromatic rings. The molecule has 0 heterocycles. The number of halogens is 1. The van der Waals surface area contributed by atoms with E-state index in [-0.39, 0.29) is 11.5 Å². The van der Waals surface area contributed by atoms with Crippen LogP contribution in [0.4, 0.5) is 5.69 Å². The number of benzene rings is 2. The van der Waals surface area contributed by atoms with E-state index in [0.29, 0.717) is 11.4 Å². The van der Waals surface area contributed by atoms with E-state index in [4.69, 9.17) is 4.74 Å². The lowest BCUT2D eigenvalue weighted by Crippen LogP contribution is -2.14. The molecule has 0 aliphatic carbocycles. The lowest BCUT2D eigenvalue weighted by Gasteiger charge is -2.09. The summed E-state index contributed by atoms with van der Waals surface area (Å²) in [4.78, 5) is 11.1. The molecule has 0 atom stereocenters. The lowest BCUT2D eigenvalue weighted by molar-refractivity contribution is -0.142. The molecule has 0 saturated heterocycles. The van der Waals surface area contributed by atoms with E-state index in [1.165, 1.54) is 31.4 Å². The van der Waals surface area contributed by atoms with Crippen molar-refractivity contribution in [1.29, 1.82) is 0 Å². The Morgan fingerprint density at radius 3 is 2.26 bits per heavy atom. The van der Waals surface area contributed by atoms with E-state index in [2.05, 4.69) is 32.0 Å². The molecule has 2 rings (SSSR count). The van der Waals surface area contributed by atoms with Crippen LogP contribution in [0.5, 0.6) is 5.75 Å². The van der Waals surface area contributed by atoms with Crippen LogP contribution in [0, 0.1) is 3.57 Å². The third-order valence-electron chi connectivity index (χ3n) is 2.81. The monoisotopic (exact) mass is 447 g/mol. The highest BCUT2D eigenvalue weighted by molar-refractivity contribution is 14.1. The number of hydrogen-bond donors (Lipinski definition) is 1. The molecule has 0 aromatic heterocycles. The third-order valence-corrected chi connectivity index (χ3v) is 4.93. The molecular formula is C15H14INO5S. The van der Waals surface area contributed by atoms with Crippen molar-refractivity contribution in [2.75, 3.05) is 18.4 Å². The van der Waals surface area contributed by atoms with Gasteiger partial charge in [-0.1, -0.05) is 0 Å². The van der Waals surface area contributed by atoms with Gasteiger partial charge in [0, 0.05) is 9.26 Å². The average molecular weight is 447 g/mol. The first-order valence-electron chi connectivity index (χ1n) is 6.49. The van der Waals surface area contributed by atoms with Crippen molar-refractivity contribution in [3.63, 3.8) is 0 Å². The summed E-state index contributed by atoms with van der Waals surface area (Å²) in [5, 5.41) is 0. The first-order chi connectivity index (χ1) is 10.9. The quantitative estimate of drug-likeness (QED) is 0.544. The van der Waals surface area contributed by atoms with Gasteiger partial charge in [0.1, 0.15) is 5.75 Å². The van der Waals surface area contributed by atoms with Gasteiger partial charge in [-0.2, -0.15) is 0 Å². The Kier molecular flexibility index (Phi) is 5.83. The highest BCUT2D eigenvalue weighted by Gasteiger charge is 2.14. The summed E-state index contributed by atoms with van der Waals surface area (Å²) >= 11 is 2.14. The van der Waals surface area contributed by atoms with Crippen molar-refractivity contribution in [1.82, 2.24) is 0 Å². The molecule has 0 spiro atoms. The zero-order valence-electron chi connectivity index (χ0n) is 12.2. The summed E-state index contributed by atoms with van der Waals surface area (Å²) in [6.07, 6.45) is 0. The van der Waals surface area contributed by atoms with Crippen LogP contribution in [-0.4, -0.2) is 28.1 Å². The van der Waals surface area contributed by atoms with E-state index in [1.54, 1.807) is 12.1 Å².